The minimum absolute atomic E-state index is 0.417. The van der Waals surface area contributed by atoms with Crippen molar-refractivity contribution in [2.24, 2.45) is 20.5 Å². The molecule has 0 unspecified atom stereocenters. The Labute approximate surface area is 267 Å². The Morgan fingerprint density at radius 1 is 0.583 bits per heavy atom. The van der Waals surface area contributed by atoms with Crippen LogP contribution >= 0.6 is 0 Å². The number of hydrogen-bond acceptors (Lipinski definition) is 16. The number of nitrogens with two attached hydrogens (primary N) is 1. The number of phenols is 2. The minimum atomic E-state index is -5.42. The van der Waals surface area contributed by atoms with Gasteiger partial charge in [-0.05, 0) is 41.8 Å². The number of nitrogen functional groups attached to an aromatic ring is 1. The summed E-state index contributed by atoms with van der Waals surface area (Å²) in [6.07, 6.45) is 0. The predicted molar refractivity (Wildman–Crippen MR) is 157 cm³/mol. The minimum Gasteiger partial charge on any atom is -0.505 e. The van der Waals surface area contributed by atoms with Gasteiger partial charge in [0.1, 0.15) is 36.6 Å². The van der Waals surface area contributed by atoms with Gasteiger partial charge in [-0.25, -0.2) is 5.21 Å². The van der Waals surface area contributed by atoms with Crippen LogP contribution in [0.25, 0.3) is 10.8 Å². The van der Waals surface area contributed by atoms with Gasteiger partial charge in [-0.3, -0.25) is 18.2 Å². The summed E-state index contributed by atoms with van der Waals surface area (Å²) in [5.74, 6) is -2.72. The first-order valence-corrected chi connectivity index (χ1v) is 17.7. The number of anilines is 1. The molecule has 9 N–H and O–H groups in total. The van der Waals surface area contributed by atoms with E-state index in [2.05, 4.69) is 20.5 Å². The molecule has 0 aromatic heterocycles. The molecule has 0 amide bonds. The Balaban J connectivity index is 2.04. The van der Waals surface area contributed by atoms with Crippen LogP contribution in [0, 0.1) is 4.91 Å². The third-order valence-electron chi connectivity index (χ3n) is 6.05. The van der Waals surface area contributed by atoms with Crippen molar-refractivity contribution in [3.63, 3.8) is 0 Å². The summed E-state index contributed by atoms with van der Waals surface area (Å²) in [7, 11) is -20.9. The lowest BCUT2D eigenvalue weighted by atomic mass is 10.1. The molecule has 4 aromatic rings. The van der Waals surface area contributed by atoms with E-state index in [0.29, 0.717) is 30.3 Å². The fourth-order valence-corrected chi connectivity index (χ4v) is 6.57. The van der Waals surface area contributed by atoms with Gasteiger partial charge in [0.05, 0.1) is 21.7 Å². The topological polar surface area (TPSA) is 374 Å². The quantitative estimate of drug-likeness (QED) is 0.0525. The maximum Gasteiger partial charge on any atom is 0.318 e. The standard InChI is InChI=1S/C22H16N6O16S4/c23-12-3-1-10(7-14(12)45(33,34)35)24-26-19-16(47(39,40)41)5-9-6-17(48(42,43)44)20(22(30)18(9)21(19)29)27-25-13-4-2-11(28(31)32)8-15(13)46(36,37)38/h1-8H,(H8-,23,24,25,26,27,29,30,31,32,33,34,35,36,37,38,39,40,41,42,43,44)/p+1. The molecule has 0 aliphatic heterocycles. The van der Waals surface area contributed by atoms with Crippen LogP contribution in [0.2, 0.25) is 0 Å². The Kier molecular flexibility index (Phi) is 8.98. The number of nitrogens with zero attached hydrogens (tertiary/aromatic N) is 5. The third kappa shape index (κ3) is 7.18. The van der Waals surface area contributed by atoms with Gasteiger partial charge in [-0.1, -0.05) is 0 Å². The number of fused-ring (bicyclic) bond motifs is 1. The van der Waals surface area contributed by atoms with Gasteiger partial charge in [0.2, 0.25) is 0 Å². The van der Waals surface area contributed by atoms with Crippen molar-refractivity contribution >= 4 is 85.4 Å². The van der Waals surface area contributed by atoms with Gasteiger partial charge in [0, 0.05) is 12.1 Å². The van der Waals surface area contributed by atoms with Crippen LogP contribution < -0.4 is 5.73 Å². The molecule has 0 aliphatic rings. The first kappa shape index (κ1) is 35.6. The van der Waals surface area contributed by atoms with E-state index in [4.69, 9.17) is 10.9 Å². The highest BCUT2D eigenvalue weighted by Crippen LogP contribution is 2.50. The van der Waals surface area contributed by atoms with Crippen LogP contribution in [-0.2, 0) is 40.5 Å². The van der Waals surface area contributed by atoms with Crippen molar-refractivity contribution in [1.29, 1.82) is 0 Å². The van der Waals surface area contributed by atoms with Crippen LogP contribution in [0.3, 0.4) is 0 Å². The SMILES string of the molecule is Nc1ccc(/N=N/c2c(S(=O)(=O)O)cc3cc(S(=O)(=O)O)c(/N=N/c4ccc([N+](=O)O)cc4S(=O)(=O)O)c(O)c3c2O)cc1S(=O)(=O)O. The fraction of sp³-hybridized carbons (Fsp3) is 0. The Morgan fingerprint density at radius 2 is 1.06 bits per heavy atom. The molecule has 48 heavy (non-hydrogen) atoms. The fourth-order valence-electron chi connectivity index (χ4n) is 3.98. The molecule has 0 atom stereocenters. The van der Waals surface area contributed by atoms with Crippen LogP contribution in [0.5, 0.6) is 11.5 Å². The zero-order valence-corrected chi connectivity index (χ0v) is 26.1. The summed E-state index contributed by atoms with van der Waals surface area (Å²) in [6.45, 7) is 0. The average Bonchev–Trinajstić information content (AvgIpc) is 2.94. The number of rotatable bonds is 9. The second-order valence-electron chi connectivity index (χ2n) is 9.19. The van der Waals surface area contributed by atoms with Gasteiger partial charge in [0.15, 0.2) is 11.5 Å². The van der Waals surface area contributed by atoms with Crippen molar-refractivity contribution < 1.29 is 72.2 Å². The molecule has 0 spiro atoms. The molecule has 254 valence electrons. The predicted octanol–water partition coefficient (Wildman–Crippen LogP) is 3.45. The molecule has 0 saturated heterocycles. The van der Waals surface area contributed by atoms with Gasteiger partial charge in [-0.15, -0.1) is 15.3 Å². The Bertz CT molecular complexity index is 2570. The normalized spacial score (nSPS) is 13.1. The van der Waals surface area contributed by atoms with Crippen LogP contribution in [0.4, 0.5) is 34.1 Å². The summed E-state index contributed by atoms with van der Waals surface area (Å²) in [5.41, 5.74) is 0.754. The molecule has 0 aliphatic carbocycles. The summed E-state index contributed by atoms with van der Waals surface area (Å²) in [4.78, 5) is 5.81. The first-order valence-electron chi connectivity index (χ1n) is 11.9. The van der Waals surface area contributed by atoms with E-state index in [0.717, 1.165) is 18.2 Å². The summed E-state index contributed by atoms with van der Waals surface area (Å²) in [5, 5.41) is 43.4. The molecule has 0 heterocycles. The molecular weight excluding hydrogens is 733 g/mol. The van der Waals surface area contributed by atoms with E-state index in [1.807, 2.05) is 0 Å². The zero-order chi connectivity index (χ0) is 36.1. The van der Waals surface area contributed by atoms with E-state index in [1.54, 1.807) is 0 Å². The third-order valence-corrected chi connectivity index (χ3v) is 9.57. The van der Waals surface area contributed by atoms with Crippen LogP contribution in [-0.4, -0.2) is 72.2 Å². The maximum absolute atomic E-state index is 12.2. The highest BCUT2D eigenvalue weighted by Gasteiger charge is 2.29. The van der Waals surface area contributed by atoms with E-state index in [-0.39, 0.29) is 0 Å². The average molecular weight is 750 g/mol. The van der Waals surface area contributed by atoms with Crippen molar-refractivity contribution in [2.75, 3.05) is 5.73 Å². The van der Waals surface area contributed by atoms with E-state index in [1.165, 1.54) is 0 Å². The highest BCUT2D eigenvalue weighted by molar-refractivity contribution is 7.86. The summed E-state index contributed by atoms with van der Waals surface area (Å²) in [6, 6.07) is 5.52. The zero-order valence-electron chi connectivity index (χ0n) is 22.9. The van der Waals surface area contributed by atoms with Crippen molar-refractivity contribution in [1.82, 2.24) is 0 Å². The second kappa shape index (κ2) is 12.1. The molecule has 4 rings (SSSR count). The smallest absolute Gasteiger partial charge is 0.318 e. The van der Waals surface area contributed by atoms with E-state index >= 15 is 0 Å². The van der Waals surface area contributed by atoms with Gasteiger partial charge >= 0.3 is 5.69 Å². The molecule has 0 saturated carbocycles. The van der Waals surface area contributed by atoms with Gasteiger partial charge in [0.25, 0.3) is 45.4 Å². The van der Waals surface area contributed by atoms with Crippen LogP contribution in [0.15, 0.2) is 88.6 Å². The molecule has 0 bridgehead atoms. The lowest BCUT2D eigenvalue weighted by molar-refractivity contribution is -0.729. The summed E-state index contributed by atoms with van der Waals surface area (Å²) < 4.78 is 134. The van der Waals surface area contributed by atoms with E-state index in [9.17, 15) is 67.0 Å². The molecule has 4 aromatic carbocycles. The van der Waals surface area contributed by atoms with Crippen molar-refractivity contribution in [3.8, 4) is 11.5 Å². The second-order valence-corrected chi connectivity index (χ2v) is 14.7. The Hall–Kier alpha value is -5.22. The largest absolute Gasteiger partial charge is 0.505 e. The van der Waals surface area contributed by atoms with Crippen molar-refractivity contribution in [3.05, 3.63) is 53.4 Å². The molecule has 0 fully saturated rings. The van der Waals surface area contributed by atoms with E-state index < -0.39 is 121 Å². The number of benzene rings is 4. The first-order chi connectivity index (χ1) is 21.9. The number of phenolic OH excluding ortho intramolecular Hbond substituents is 2. The summed E-state index contributed by atoms with van der Waals surface area (Å²) >= 11 is 0. The number of azo groups is 2. The lowest BCUT2D eigenvalue weighted by Gasteiger charge is -2.13. The molecule has 0 radical (unpaired) electrons. The highest BCUT2D eigenvalue weighted by atomic mass is 32.2. The lowest BCUT2D eigenvalue weighted by Crippen LogP contribution is -2.02. The van der Waals surface area contributed by atoms with Gasteiger partial charge < -0.3 is 15.9 Å². The molecular formula is C22H17N6O16S4+. The maximum atomic E-state index is 12.2. The van der Waals surface area contributed by atoms with Crippen LogP contribution in [0.1, 0.15) is 0 Å². The Morgan fingerprint density at radius 3 is 1.52 bits per heavy atom. The monoisotopic (exact) mass is 749 g/mol. The van der Waals surface area contributed by atoms with Gasteiger partial charge in [-0.2, -0.15) is 38.8 Å². The molecule has 22 nitrogen and oxygen atoms in total. The number of hydrogen-bond donors (Lipinski definition) is 8. The molecule has 26 heteroatoms. The van der Waals surface area contributed by atoms with Crippen molar-refractivity contribution in [2.45, 2.75) is 19.6 Å². The number of aromatic hydroxyl groups is 2.